The zero-order valence-electron chi connectivity index (χ0n) is 9.79. The number of aromatic nitrogens is 3. The molecule has 1 aliphatic rings. The maximum Gasteiger partial charge on any atom is 0.343 e. The molecule has 2 heterocycles. The van der Waals surface area contributed by atoms with E-state index >= 15 is 0 Å². The summed E-state index contributed by atoms with van der Waals surface area (Å²) >= 11 is 1.04. The number of rotatable bonds is 6. The molecular weight excluding hydrogens is 258 g/mol. The van der Waals surface area contributed by atoms with E-state index in [4.69, 9.17) is 9.84 Å². The highest BCUT2D eigenvalue weighted by Gasteiger charge is 2.17. The maximum atomic E-state index is 11.5. The summed E-state index contributed by atoms with van der Waals surface area (Å²) in [5, 5.41) is 15.2. The minimum absolute atomic E-state index is 0.107. The van der Waals surface area contributed by atoms with Crippen LogP contribution >= 0.6 is 11.8 Å². The maximum absolute atomic E-state index is 11.5. The summed E-state index contributed by atoms with van der Waals surface area (Å²) in [6.07, 6.45) is 3.03. The molecule has 0 radical (unpaired) electrons. The average Bonchev–Trinajstić information content (AvgIpc) is 2.94. The fraction of sp³-hybridized carbons (Fsp3) is 0.700. The molecule has 0 bridgehead atoms. The molecule has 0 aliphatic carbocycles. The summed E-state index contributed by atoms with van der Waals surface area (Å²) in [5.41, 5.74) is -0.305. The molecule has 0 saturated carbocycles. The van der Waals surface area contributed by atoms with Gasteiger partial charge in [0.1, 0.15) is 0 Å². The molecule has 1 aliphatic heterocycles. The number of H-pyrrole nitrogens is 1. The second-order valence-corrected chi connectivity index (χ2v) is 5.01. The molecule has 7 nitrogen and oxygen atoms in total. The molecule has 2 rings (SSSR count). The summed E-state index contributed by atoms with van der Waals surface area (Å²) in [6.45, 7) is 1.29. The summed E-state index contributed by atoms with van der Waals surface area (Å²) in [6, 6.07) is 0. The van der Waals surface area contributed by atoms with Crippen LogP contribution < -0.4 is 5.69 Å². The van der Waals surface area contributed by atoms with Crippen molar-refractivity contribution in [2.24, 2.45) is 0 Å². The first kappa shape index (κ1) is 13.2. The molecule has 100 valence electrons. The minimum Gasteiger partial charge on any atom is -0.481 e. The number of thioether (sulfide) groups is 1. The van der Waals surface area contributed by atoms with Crippen molar-refractivity contribution in [2.45, 2.75) is 37.1 Å². The number of ether oxygens (including phenoxy) is 1. The number of nitrogens with one attached hydrogen (secondary N) is 1. The fourth-order valence-electron chi connectivity index (χ4n) is 1.88. The lowest BCUT2D eigenvalue weighted by Crippen LogP contribution is -2.21. The van der Waals surface area contributed by atoms with Gasteiger partial charge in [0.05, 0.1) is 11.9 Å². The van der Waals surface area contributed by atoms with Crippen LogP contribution in [-0.4, -0.2) is 44.3 Å². The van der Waals surface area contributed by atoms with Crippen molar-refractivity contribution in [3.8, 4) is 0 Å². The minimum atomic E-state index is -0.930. The zero-order valence-corrected chi connectivity index (χ0v) is 10.6. The number of carboxylic acids is 1. The number of aromatic amines is 1. The number of aliphatic carboxylic acids is 1. The first-order valence-electron chi connectivity index (χ1n) is 5.78. The van der Waals surface area contributed by atoms with E-state index in [1.807, 2.05) is 0 Å². The van der Waals surface area contributed by atoms with E-state index in [-0.39, 0.29) is 17.5 Å². The Hall–Kier alpha value is -1.28. The van der Waals surface area contributed by atoms with Gasteiger partial charge in [-0.15, -0.1) is 5.10 Å². The summed E-state index contributed by atoms with van der Waals surface area (Å²) in [7, 11) is 0. The molecule has 1 aromatic rings. The van der Waals surface area contributed by atoms with Gasteiger partial charge in [-0.05, 0) is 19.3 Å². The van der Waals surface area contributed by atoms with E-state index in [0.29, 0.717) is 11.7 Å². The van der Waals surface area contributed by atoms with Crippen molar-refractivity contribution >= 4 is 17.7 Å². The van der Waals surface area contributed by atoms with Crippen molar-refractivity contribution in [1.29, 1.82) is 0 Å². The molecule has 2 N–H and O–H groups in total. The normalized spacial score (nSPS) is 19.2. The molecule has 1 fully saturated rings. The molecule has 1 unspecified atom stereocenters. The van der Waals surface area contributed by atoms with Gasteiger partial charge in [-0.3, -0.25) is 9.36 Å². The number of hydrogen-bond donors (Lipinski definition) is 2. The smallest absolute Gasteiger partial charge is 0.343 e. The van der Waals surface area contributed by atoms with Gasteiger partial charge in [-0.2, -0.15) is 0 Å². The van der Waals surface area contributed by atoms with E-state index in [1.54, 1.807) is 0 Å². The Morgan fingerprint density at radius 1 is 1.67 bits per heavy atom. The molecule has 1 aromatic heterocycles. The van der Waals surface area contributed by atoms with Crippen molar-refractivity contribution in [2.75, 3.05) is 12.4 Å². The van der Waals surface area contributed by atoms with Crippen LogP contribution in [0.25, 0.3) is 0 Å². The Morgan fingerprint density at radius 3 is 3.17 bits per heavy atom. The zero-order chi connectivity index (χ0) is 13.0. The third kappa shape index (κ3) is 3.36. The van der Waals surface area contributed by atoms with Gasteiger partial charge >= 0.3 is 11.7 Å². The second-order valence-electron chi connectivity index (χ2n) is 4.07. The third-order valence-electron chi connectivity index (χ3n) is 2.75. The van der Waals surface area contributed by atoms with Gasteiger partial charge in [0.25, 0.3) is 0 Å². The molecule has 0 spiro atoms. The first-order chi connectivity index (χ1) is 8.66. The van der Waals surface area contributed by atoms with Gasteiger partial charge in [-0.25, -0.2) is 9.89 Å². The number of carboxylic acid groups (broad SMARTS) is 1. The molecule has 1 saturated heterocycles. The SMILES string of the molecule is O=C(O)CSc1n[nH]c(=O)n1CCC1CCCO1. The van der Waals surface area contributed by atoms with Gasteiger partial charge < -0.3 is 9.84 Å². The molecule has 0 amide bonds. The Balaban J connectivity index is 1.95. The predicted molar refractivity (Wildman–Crippen MR) is 64.8 cm³/mol. The number of nitrogens with zero attached hydrogens (tertiary/aromatic N) is 2. The highest BCUT2D eigenvalue weighted by molar-refractivity contribution is 7.99. The Bertz CT molecular complexity index is 464. The van der Waals surface area contributed by atoms with Gasteiger partial charge in [0.15, 0.2) is 5.16 Å². The van der Waals surface area contributed by atoms with E-state index in [2.05, 4.69) is 10.2 Å². The monoisotopic (exact) mass is 273 g/mol. The summed E-state index contributed by atoms with van der Waals surface area (Å²) in [5.74, 6) is -1.04. The van der Waals surface area contributed by atoms with Crippen LogP contribution in [0.4, 0.5) is 0 Å². The average molecular weight is 273 g/mol. The lowest BCUT2D eigenvalue weighted by molar-refractivity contribution is -0.133. The van der Waals surface area contributed by atoms with Crippen molar-refractivity contribution in [3.05, 3.63) is 10.5 Å². The third-order valence-corrected chi connectivity index (χ3v) is 3.71. The molecule has 0 aromatic carbocycles. The largest absolute Gasteiger partial charge is 0.481 e. The van der Waals surface area contributed by atoms with Gasteiger partial charge in [-0.1, -0.05) is 11.8 Å². The van der Waals surface area contributed by atoms with Crippen molar-refractivity contribution < 1.29 is 14.6 Å². The Kier molecular flexibility index (Phi) is 4.43. The number of hydrogen-bond acceptors (Lipinski definition) is 5. The quantitative estimate of drug-likeness (QED) is 0.724. The first-order valence-corrected chi connectivity index (χ1v) is 6.77. The van der Waals surface area contributed by atoms with E-state index in [1.165, 1.54) is 4.57 Å². The van der Waals surface area contributed by atoms with Crippen LogP contribution in [0.2, 0.25) is 0 Å². The van der Waals surface area contributed by atoms with Crippen LogP contribution in [-0.2, 0) is 16.1 Å². The van der Waals surface area contributed by atoms with Crippen molar-refractivity contribution in [1.82, 2.24) is 14.8 Å². The van der Waals surface area contributed by atoms with Gasteiger partial charge in [0, 0.05) is 13.2 Å². The Morgan fingerprint density at radius 2 is 2.50 bits per heavy atom. The van der Waals surface area contributed by atoms with E-state index in [9.17, 15) is 9.59 Å². The molecule has 1 atom stereocenters. The molecule has 18 heavy (non-hydrogen) atoms. The van der Waals surface area contributed by atoms with Crippen LogP contribution in [0.3, 0.4) is 0 Å². The van der Waals surface area contributed by atoms with Crippen LogP contribution in [0, 0.1) is 0 Å². The van der Waals surface area contributed by atoms with Crippen LogP contribution in [0.5, 0.6) is 0 Å². The molecule has 8 heteroatoms. The van der Waals surface area contributed by atoms with Crippen LogP contribution in [0.1, 0.15) is 19.3 Å². The summed E-state index contributed by atoms with van der Waals surface area (Å²) < 4.78 is 6.95. The van der Waals surface area contributed by atoms with Gasteiger partial charge in [0.2, 0.25) is 0 Å². The molecular formula is C10H15N3O4S. The van der Waals surface area contributed by atoms with E-state index < -0.39 is 5.97 Å². The predicted octanol–water partition coefficient (Wildman–Crippen LogP) is 0.317. The fourth-order valence-corrected chi connectivity index (χ4v) is 2.57. The van der Waals surface area contributed by atoms with E-state index in [0.717, 1.165) is 37.6 Å². The standard InChI is InChI=1S/C10H15N3O4S/c14-8(15)6-18-10-12-11-9(16)13(10)4-3-7-2-1-5-17-7/h7H,1-6H2,(H,11,16)(H,14,15). The topological polar surface area (TPSA) is 97.2 Å². The lowest BCUT2D eigenvalue weighted by atomic mass is 10.2. The van der Waals surface area contributed by atoms with Crippen molar-refractivity contribution in [3.63, 3.8) is 0 Å². The second kappa shape index (κ2) is 6.05. The highest BCUT2D eigenvalue weighted by Crippen LogP contribution is 2.18. The lowest BCUT2D eigenvalue weighted by Gasteiger charge is -2.09. The Labute approximate surface area is 108 Å². The van der Waals surface area contributed by atoms with Crippen LogP contribution in [0.15, 0.2) is 9.95 Å². The highest BCUT2D eigenvalue weighted by atomic mass is 32.2. The number of carbonyl (C=O) groups is 1. The summed E-state index contributed by atoms with van der Waals surface area (Å²) in [4.78, 5) is 22.0.